The van der Waals surface area contributed by atoms with Crippen LogP contribution in [-0.4, -0.2) is 26.3 Å². The molecule has 0 aliphatic heterocycles. The van der Waals surface area contributed by atoms with Crippen LogP contribution in [0.3, 0.4) is 0 Å². The van der Waals surface area contributed by atoms with Crippen LogP contribution in [0.1, 0.15) is 39.0 Å². The van der Waals surface area contributed by atoms with E-state index in [1.165, 1.54) is 32.1 Å². The van der Waals surface area contributed by atoms with Crippen molar-refractivity contribution < 1.29 is 0 Å². The molecule has 2 heterocycles. The van der Waals surface area contributed by atoms with Crippen LogP contribution in [0, 0.1) is 11.8 Å². The SMILES string of the molecule is CC1CCCC(CCNc2ncnc3c2cnn3C)C1. The molecule has 1 aliphatic rings. The fraction of sp³-hybridized carbons (Fsp3) is 0.667. The molecule has 108 valence electrons. The topological polar surface area (TPSA) is 55.6 Å². The van der Waals surface area contributed by atoms with Crippen LogP contribution in [-0.2, 0) is 7.05 Å². The Balaban J connectivity index is 1.60. The molecule has 0 aromatic carbocycles. The van der Waals surface area contributed by atoms with E-state index < -0.39 is 0 Å². The molecule has 0 bridgehead atoms. The highest BCUT2D eigenvalue weighted by atomic mass is 15.3. The number of hydrogen-bond acceptors (Lipinski definition) is 4. The van der Waals surface area contributed by atoms with Gasteiger partial charge in [-0.15, -0.1) is 0 Å². The molecule has 2 aromatic rings. The molecular weight excluding hydrogens is 250 g/mol. The minimum Gasteiger partial charge on any atom is -0.369 e. The first-order chi connectivity index (χ1) is 9.74. The van der Waals surface area contributed by atoms with Crippen LogP contribution < -0.4 is 5.32 Å². The quantitative estimate of drug-likeness (QED) is 0.930. The highest BCUT2D eigenvalue weighted by Gasteiger charge is 2.18. The Labute approximate surface area is 119 Å². The van der Waals surface area contributed by atoms with Gasteiger partial charge >= 0.3 is 0 Å². The standard InChI is InChI=1S/C15H23N5/c1-11-4-3-5-12(8-11)6-7-16-14-13-9-19-20(2)15(13)18-10-17-14/h9-12H,3-8H2,1-2H3,(H,16,17,18). The van der Waals surface area contributed by atoms with Crippen molar-refractivity contribution in [1.82, 2.24) is 19.7 Å². The Morgan fingerprint density at radius 2 is 2.25 bits per heavy atom. The zero-order valence-corrected chi connectivity index (χ0v) is 12.3. The monoisotopic (exact) mass is 273 g/mol. The second kappa shape index (κ2) is 5.77. The molecule has 3 rings (SSSR count). The van der Waals surface area contributed by atoms with Crippen molar-refractivity contribution in [3.8, 4) is 0 Å². The number of anilines is 1. The van der Waals surface area contributed by atoms with Crippen LogP contribution in [0.25, 0.3) is 11.0 Å². The van der Waals surface area contributed by atoms with Crippen molar-refractivity contribution in [3.63, 3.8) is 0 Å². The summed E-state index contributed by atoms with van der Waals surface area (Å²) in [6, 6.07) is 0. The van der Waals surface area contributed by atoms with Crippen molar-refractivity contribution in [3.05, 3.63) is 12.5 Å². The lowest BCUT2D eigenvalue weighted by Crippen LogP contribution is -2.17. The maximum Gasteiger partial charge on any atom is 0.163 e. The normalized spacial score (nSPS) is 23.1. The van der Waals surface area contributed by atoms with E-state index in [-0.39, 0.29) is 0 Å². The van der Waals surface area contributed by atoms with Crippen molar-refractivity contribution in [2.75, 3.05) is 11.9 Å². The third kappa shape index (κ3) is 2.76. The van der Waals surface area contributed by atoms with E-state index in [0.29, 0.717) is 0 Å². The van der Waals surface area contributed by atoms with E-state index in [9.17, 15) is 0 Å². The van der Waals surface area contributed by atoms with Crippen molar-refractivity contribution in [2.24, 2.45) is 18.9 Å². The van der Waals surface area contributed by atoms with E-state index in [4.69, 9.17) is 0 Å². The van der Waals surface area contributed by atoms with Gasteiger partial charge in [-0.2, -0.15) is 5.10 Å². The molecule has 2 aromatic heterocycles. The first-order valence-electron chi connectivity index (χ1n) is 7.60. The summed E-state index contributed by atoms with van der Waals surface area (Å²) >= 11 is 0. The first kappa shape index (κ1) is 13.3. The van der Waals surface area contributed by atoms with Crippen molar-refractivity contribution in [1.29, 1.82) is 0 Å². The van der Waals surface area contributed by atoms with Gasteiger partial charge in [-0.3, -0.25) is 4.68 Å². The van der Waals surface area contributed by atoms with Gasteiger partial charge in [0.05, 0.1) is 11.6 Å². The molecule has 5 heteroatoms. The lowest BCUT2D eigenvalue weighted by Gasteiger charge is -2.26. The molecule has 0 spiro atoms. The number of aryl methyl sites for hydroxylation is 1. The predicted octanol–water partition coefficient (Wildman–Crippen LogP) is 2.99. The van der Waals surface area contributed by atoms with E-state index in [1.54, 1.807) is 11.0 Å². The van der Waals surface area contributed by atoms with E-state index in [2.05, 4.69) is 27.3 Å². The van der Waals surface area contributed by atoms with E-state index >= 15 is 0 Å². The van der Waals surface area contributed by atoms with Gasteiger partial charge in [0.1, 0.15) is 12.1 Å². The Morgan fingerprint density at radius 1 is 1.35 bits per heavy atom. The number of rotatable bonds is 4. The molecule has 1 saturated carbocycles. The minimum absolute atomic E-state index is 0.873. The zero-order chi connectivity index (χ0) is 13.9. The number of aromatic nitrogens is 4. The second-order valence-corrected chi connectivity index (χ2v) is 6.08. The van der Waals surface area contributed by atoms with Crippen molar-refractivity contribution in [2.45, 2.75) is 39.0 Å². The summed E-state index contributed by atoms with van der Waals surface area (Å²) in [7, 11) is 1.91. The maximum atomic E-state index is 4.34. The lowest BCUT2D eigenvalue weighted by molar-refractivity contribution is 0.274. The summed E-state index contributed by atoms with van der Waals surface area (Å²) in [5.74, 6) is 2.68. The Bertz CT molecular complexity index is 577. The molecule has 0 radical (unpaired) electrons. The van der Waals surface area contributed by atoms with E-state index in [1.807, 2.05) is 13.2 Å². The van der Waals surface area contributed by atoms with Crippen LogP contribution in [0.2, 0.25) is 0 Å². The molecule has 0 saturated heterocycles. The lowest BCUT2D eigenvalue weighted by atomic mass is 9.81. The Kier molecular flexibility index (Phi) is 3.85. The van der Waals surface area contributed by atoms with Gasteiger partial charge in [0, 0.05) is 13.6 Å². The molecule has 5 nitrogen and oxygen atoms in total. The fourth-order valence-electron chi connectivity index (χ4n) is 3.32. The number of nitrogens with one attached hydrogen (secondary N) is 1. The summed E-state index contributed by atoms with van der Waals surface area (Å²) in [4.78, 5) is 8.60. The summed E-state index contributed by atoms with van der Waals surface area (Å²) in [5, 5.41) is 8.70. The van der Waals surface area contributed by atoms with Crippen LogP contribution >= 0.6 is 0 Å². The number of hydrogen-bond donors (Lipinski definition) is 1. The number of nitrogens with zero attached hydrogens (tertiary/aromatic N) is 4. The smallest absolute Gasteiger partial charge is 0.163 e. The summed E-state index contributed by atoms with van der Waals surface area (Å²) in [6.45, 7) is 3.36. The largest absolute Gasteiger partial charge is 0.369 e. The van der Waals surface area contributed by atoms with Crippen molar-refractivity contribution >= 4 is 16.9 Å². The molecule has 1 fully saturated rings. The second-order valence-electron chi connectivity index (χ2n) is 6.08. The highest BCUT2D eigenvalue weighted by Crippen LogP contribution is 2.30. The van der Waals surface area contributed by atoms with Gasteiger partial charge in [-0.25, -0.2) is 9.97 Å². The highest BCUT2D eigenvalue weighted by molar-refractivity contribution is 5.85. The fourth-order valence-corrected chi connectivity index (χ4v) is 3.32. The van der Waals surface area contributed by atoms with Crippen LogP contribution in [0.4, 0.5) is 5.82 Å². The molecular formula is C15H23N5. The van der Waals surface area contributed by atoms with E-state index in [0.717, 1.165) is 35.2 Å². The van der Waals surface area contributed by atoms with Gasteiger partial charge in [0.15, 0.2) is 5.65 Å². The minimum atomic E-state index is 0.873. The molecule has 0 amide bonds. The van der Waals surface area contributed by atoms with Gasteiger partial charge in [-0.05, 0) is 24.7 Å². The van der Waals surface area contributed by atoms with Crippen LogP contribution in [0.15, 0.2) is 12.5 Å². The third-order valence-corrected chi connectivity index (χ3v) is 4.42. The zero-order valence-electron chi connectivity index (χ0n) is 12.3. The Hall–Kier alpha value is -1.65. The first-order valence-corrected chi connectivity index (χ1v) is 7.60. The molecule has 2 unspecified atom stereocenters. The van der Waals surface area contributed by atoms with Crippen LogP contribution in [0.5, 0.6) is 0 Å². The predicted molar refractivity (Wildman–Crippen MR) is 80.5 cm³/mol. The van der Waals surface area contributed by atoms with Gasteiger partial charge in [0.2, 0.25) is 0 Å². The molecule has 2 atom stereocenters. The molecule has 1 aliphatic carbocycles. The summed E-state index contributed by atoms with van der Waals surface area (Å²) in [5.41, 5.74) is 0.883. The third-order valence-electron chi connectivity index (χ3n) is 4.42. The molecule has 1 N–H and O–H groups in total. The van der Waals surface area contributed by atoms with Gasteiger partial charge in [-0.1, -0.05) is 26.2 Å². The maximum absolute atomic E-state index is 4.34. The number of fused-ring (bicyclic) bond motifs is 1. The average Bonchev–Trinajstić information content (AvgIpc) is 2.82. The van der Waals surface area contributed by atoms with Gasteiger partial charge in [0.25, 0.3) is 0 Å². The van der Waals surface area contributed by atoms with Gasteiger partial charge < -0.3 is 5.32 Å². The Morgan fingerprint density at radius 3 is 3.10 bits per heavy atom. The average molecular weight is 273 g/mol. The summed E-state index contributed by atoms with van der Waals surface area (Å²) < 4.78 is 1.78. The summed E-state index contributed by atoms with van der Waals surface area (Å²) in [6.07, 6.45) is 10.2. The molecule has 20 heavy (non-hydrogen) atoms.